The van der Waals surface area contributed by atoms with Gasteiger partial charge in [-0.1, -0.05) is 211 Å². The predicted molar refractivity (Wildman–Crippen MR) is 264 cm³/mol. The lowest BCUT2D eigenvalue weighted by atomic mass is 9.61. The van der Waals surface area contributed by atoms with E-state index in [4.69, 9.17) is 0 Å². The van der Waals surface area contributed by atoms with Crippen LogP contribution >= 0.6 is 43.2 Å². The van der Waals surface area contributed by atoms with Crippen LogP contribution in [0.5, 0.6) is 0 Å². The van der Waals surface area contributed by atoms with Crippen molar-refractivity contribution in [1.82, 2.24) is 0 Å². The lowest BCUT2D eigenvalue weighted by Gasteiger charge is -2.40. The van der Waals surface area contributed by atoms with Crippen LogP contribution in [0.1, 0.15) is 145 Å². The molecule has 3 unspecified atom stereocenters. The summed E-state index contributed by atoms with van der Waals surface area (Å²) in [5.74, 6) is 0.517. The molecule has 0 nitrogen and oxygen atoms in total. The maximum Gasteiger partial charge on any atom is 0.0725 e. The molecule has 0 radical (unpaired) electrons. The maximum atomic E-state index is 3.99. The Morgan fingerprint density at radius 3 is 1.40 bits per heavy atom. The third kappa shape index (κ3) is 6.83. The summed E-state index contributed by atoms with van der Waals surface area (Å²) in [4.78, 5) is 2.77. The van der Waals surface area contributed by atoms with Gasteiger partial charge >= 0.3 is 0 Å². The third-order valence-corrected chi connectivity index (χ3v) is 16.0. The zero-order valence-corrected chi connectivity index (χ0v) is 39.8. The van der Waals surface area contributed by atoms with Crippen molar-refractivity contribution < 1.29 is 0 Å². The molecule has 0 aliphatic heterocycles. The van der Waals surface area contributed by atoms with Crippen molar-refractivity contribution in [1.29, 1.82) is 0 Å². The fourth-order valence-corrected chi connectivity index (χ4v) is 12.8. The molecule has 1 aromatic heterocycles. The summed E-state index contributed by atoms with van der Waals surface area (Å²) < 4.78 is 2.22. The van der Waals surface area contributed by atoms with Gasteiger partial charge in [-0.25, -0.2) is 0 Å². The van der Waals surface area contributed by atoms with E-state index in [1.807, 2.05) is 11.3 Å². The number of unbranched alkanes of at least 4 members (excludes halogenated alkanes) is 5. The molecule has 6 aromatic carbocycles. The van der Waals surface area contributed by atoms with Gasteiger partial charge in [0.2, 0.25) is 0 Å². The molecule has 60 heavy (non-hydrogen) atoms. The minimum Gasteiger partial charge on any atom is -0.134 e. The Kier molecular flexibility index (Phi) is 11.7. The number of aryl methyl sites for hydroxylation is 3. The SMILES string of the molecule is CCCCCCc1ccc(C2(c3ccc(C)cc3)c3cc(Br)ccc3-c3sc4c(c32)C(c2ccc(C)cc2)(c2ccc(C(C)CCCCC)cc2)c2cc(Br)ccc2-4)cc1. The second-order valence-corrected chi connectivity index (χ2v) is 20.5. The molecule has 0 N–H and O–H groups in total. The van der Waals surface area contributed by atoms with Crippen molar-refractivity contribution in [2.45, 2.75) is 109 Å². The minimum atomic E-state index is -0.565. The second-order valence-electron chi connectivity index (χ2n) is 17.6. The first kappa shape index (κ1) is 41.3. The van der Waals surface area contributed by atoms with Crippen LogP contribution in [0, 0.1) is 13.8 Å². The van der Waals surface area contributed by atoms with Crippen LogP contribution in [-0.4, -0.2) is 0 Å². The topological polar surface area (TPSA) is 0 Å². The molecule has 0 spiro atoms. The van der Waals surface area contributed by atoms with E-state index in [1.54, 1.807) is 0 Å². The van der Waals surface area contributed by atoms with Crippen LogP contribution in [0.2, 0.25) is 0 Å². The summed E-state index contributed by atoms with van der Waals surface area (Å²) in [6, 6.07) is 52.7. The Morgan fingerprint density at radius 1 is 0.500 bits per heavy atom. The molecule has 0 fully saturated rings. The van der Waals surface area contributed by atoms with Crippen molar-refractivity contribution in [3.8, 4) is 20.9 Å². The van der Waals surface area contributed by atoms with Crippen LogP contribution in [0.15, 0.2) is 142 Å². The van der Waals surface area contributed by atoms with E-state index in [2.05, 4.69) is 200 Å². The van der Waals surface area contributed by atoms with Crippen LogP contribution in [0.4, 0.5) is 0 Å². The van der Waals surface area contributed by atoms with Gasteiger partial charge < -0.3 is 0 Å². The van der Waals surface area contributed by atoms with E-state index in [0.717, 1.165) is 15.4 Å². The van der Waals surface area contributed by atoms with Crippen LogP contribution < -0.4 is 0 Å². The molecular formula is C57H56Br2S. The smallest absolute Gasteiger partial charge is 0.0725 e. The van der Waals surface area contributed by atoms with E-state index in [9.17, 15) is 0 Å². The normalized spacial score (nSPS) is 17.9. The Hall–Kier alpha value is -4.02. The Labute approximate surface area is 379 Å². The van der Waals surface area contributed by atoms with E-state index >= 15 is 0 Å². The maximum absolute atomic E-state index is 3.99. The van der Waals surface area contributed by atoms with Gasteiger partial charge in [-0.15, -0.1) is 11.3 Å². The number of fused-ring (bicyclic) bond motifs is 7. The van der Waals surface area contributed by atoms with Gasteiger partial charge in [0.25, 0.3) is 0 Å². The molecule has 7 aromatic rings. The highest BCUT2D eigenvalue weighted by Gasteiger charge is 2.57. The molecule has 2 aliphatic rings. The molecule has 304 valence electrons. The summed E-state index contributed by atoms with van der Waals surface area (Å²) in [6.07, 6.45) is 11.2. The highest BCUT2D eigenvalue weighted by atomic mass is 79.9. The zero-order valence-electron chi connectivity index (χ0n) is 35.8. The molecule has 3 heteroatoms. The quantitative estimate of drug-likeness (QED) is 0.0953. The summed E-state index contributed by atoms with van der Waals surface area (Å²) in [5, 5.41) is 0. The third-order valence-electron chi connectivity index (χ3n) is 13.7. The van der Waals surface area contributed by atoms with E-state index in [1.165, 1.54) is 139 Å². The number of benzene rings is 6. The molecule has 3 atom stereocenters. The molecule has 0 saturated carbocycles. The predicted octanol–water partition coefficient (Wildman–Crippen LogP) is 17.4. The number of halogens is 2. The van der Waals surface area contributed by atoms with Crippen molar-refractivity contribution in [3.05, 3.63) is 209 Å². The molecule has 9 rings (SSSR count). The minimum absolute atomic E-state index is 0.517. The molecular weight excluding hydrogens is 877 g/mol. The molecule has 0 bridgehead atoms. The first-order chi connectivity index (χ1) is 29.2. The van der Waals surface area contributed by atoms with E-state index in [-0.39, 0.29) is 0 Å². The largest absolute Gasteiger partial charge is 0.134 e. The molecule has 0 amide bonds. The summed E-state index contributed by atoms with van der Waals surface area (Å²) in [7, 11) is 0. The van der Waals surface area contributed by atoms with Crippen LogP contribution in [0.25, 0.3) is 20.9 Å². The molecule has 2 aliphatic carbocycles. The lowest BCUT2D eigenvalue weighted by molar-refractivity contribution is 0.597. The highest BCUT2D eigenvalue weighted by Crippen LogP contribution is 2.69. The number of hydrogen-bond donors (Lipinski definition) is 0. The Bertz CT molecular complexity index is 2630. The summed E-state index contributed by atoms with van der Waals surface area (Å²) in [6.45, 7) is 11.4. The van der Waals surface area contributed by atoms with Gasteiger partial charge in [0.1, 0.15) is 0 Å². The molecule has 1 heterocycles. The van der Waals surface area contributed by atoms with Gasteiger partial charge in [0.05, 0.1) is 10.8 Å². The van der Waals surface area contributed by atoms with E-state index in [0.29, 0.717) is 5.92 Å². The second kappa shape index (κ2) is 17.0. The standard InChI is InChI=1S/C57H56Br2S/c1-6-8-10-12-14-40-19-27-44(28-20-40)56(42-23-15-37(3)16-24-42)50-35-46(58)31-33-48(50)54-52(56)53-55(60-54)49-34-32-47(59)36-51(49)57(53,43-25-17-38(4)18-26-43)45-29-21-41(22-30-45)39(5)13-11-9-7-2/h15-36,39H,6-14H2,1-5H3. The first-order valence-corrected chi connectivity index (χ1v) is 24.7. The first-order valence-electron chi connectivity index (χ1n) is 22.3. The van der Waals surface area contributed by atoms with Gasteiger partial charge in [-0.3, -0.25) is 0 Å². The van der Waals surface area contributed by atoms with Crippen LogP contribution in [-0.2, 0) is 17.3 Å². The van der Waals surface area contributed by atoms with Crippen molar-refractivity contribution in [2.75, 3.05) is 0 Å². The summed E-state index contributed by atoms with van der Waals surface area (Å²) in [5.41, 5.74) is 17.8. The average Bonchev–Trinajstić information content (AvgIpc) is 3.87. The average molecular weight is 933 g/mol. The van der Waals surface area contributed by atoms with Gasteiger partial charge in [0, 0.05) is 18.7 Å². The zero-order chi connectivity index (χ0) is 41.6. The van der Waals surface area contributed by atoms with Crippen LogP contribution in [0.3, 0.4) is 0 Å². The van der Waals surface area contributed by atoms with Crippen molar-refractivity contribution in [3.63, 3.8) is 0 Å². The van der Waals surface area contributed by atoms with Gasteiger partial charge in [0.15, 0.2) is 0 Å². The lowest BCUT2D eigenvalue weighted by Crippen LogP contribution is -2.35. The summed E-state index contributed by atoms with van der Waals surface area (Å²) >= 11 is 9.99. The van der Waals surface area contributed by atoms with Gasteiger partial charge in [-0.05, 0) is 130 Å². The fraction of sp³-hybridized carbons (Fsp3) is 0.298. The van der Waals surface area contributed by atoms with Gasteiger partial charge in [-0.2, -0.15) is 0 Å². The Morgan fingerprint density at radius 2 is 0.933 bits per heavy atom. The van der Waals surface area contributed by atoms with E-state index < -0.39 is 10.8 Å². The number of thiophene rings is 1. The Balaban J connectivity index is 1.37. The molecule has 0 saturated heterocycles. The number of rotatable bonds is 14. The monoisotopic (exact) mass is 930 g/mol. The highest BCUT2D eigenvalue weighted by molar-refractivity contribution is 9.10. The van der Waals surface area contributed by atoms with Crippen molar-refractivity contribution in [2.24, 2.45) is 0 Å². The number of hydrogen-bond acceptors (Lipinski definition) is 1. The van der Waals surface area contributed by atoms with Crippen molar-refractivity contribution >= 4 is 43.2 Å². The fourth-order valence-electron chi connectivity index (χ4n) is 10.6.